The molecule has 0 aromatic carbocycles. The van der Waals surface area contributed by atoms with E-state index in [1.807, 2.05) is 11.0 Å². The maximum atomic E-state index is 12.5. The minimum absolute atomic E-state index is 0.138. The first-order chi connectivity index (χ1) is 17.6. The average molecular weight is 492 g/mol. The lowest BCUT2D eigenvalue weighted by atomic mass is 10.0. The Morgan fingerprint density at radius 1 is 1.31 bits per heavy atom. The van der Waals surface area contributed by atoms with Gasteiger partial charge in [0.1, 0.15) is 10.9 Å². The highest BCUT2D eigenvalue weighted by Crippen LogP contribution is 2.30. The molecule has 0 bridgehead atoms. The lowest BCUT2D eigenvalue weighted by Crippen LogP contribution is -2.37. The number of pyridine rings is 2. The molecule has 0 spiro atoms. The fourth-order valence-electron chi connectivity index (χ4n) is 4.74. The number of nitrogens with zero attached hydrogens (tertiary/aromatic N) is 6. The minimum atomic E-state index is -0.346. The van der Waals surface area contributed by atoms with E-state index in [1.54, 1.807) is 26.3 Å². The van der Waals surface area contributed by atoms with Crippen LogP contribution in [0.25, 0.3) is 4.95 Å². The Labute approximate surface area is 212 Å². The second-order valence-corrected chi connectivity index (χ2v) is 8.78. The van der Waals surface area contributed by atoms with Gasteiger partial charge in [-0.05, 0) is 49.8 Å². The Hall–Kier alpha value is -3.87. The Balaban J connectivity index is 1.46. The van der Waals surface area contributed by atoms with E-state index in [-0.39, 0.29) is 18.4 Å². The van der Waals surface area contributed by atoms with Crippen LogP contribution >= 0.6 is 0 Å². The number of anilines is 1. The van der Waals surface area contributed by atoms with Crippen LogP contribution in [0.4, 0.5) is 5.82 Å². The third-order valence-corrected chi connectivity index (χ3v) is 6.50. The van der Waals surface area contributed by atoms with Crippen molar-refractivity contribution in [2.24, 2.45) is 5.10 Å². The van der Waals surface area contributed by atoms with Gasteiger partial charge in [0.05, 0.1) is 26.2 Å². The first kappa shape index (κ1) is 25.2. The van der Waals surface area contributed by atoms with Gasteiger partial charge in [-0.1, -0.05) is 12.1 Å². The van der Waals surface area contributed by atoms with Crippen LogP contribution in [0, 0.1) is 6.57 Å². The Bertz CT molecular complexity index is 1110. The second-order valence-electron chi connectivity index (χ2n) is 8.78. The van der Waals surface area contributed by atoms with Crippen LogP contribution in [0.5, 0.6) is 5.88 Å². The minimum Gasteiger partial charge on any atom is -0.481 e. The quantitative estimate of drug-likeness (QED) is 0.307. The van der Waals surface area contributed by atoms with Gasteiger partial charge in [-0.2, -0.15) is 6.57 Å². The Morgan fingerprint density at radius 3 is 2.94 bits per heavy atom. The van der Waals surface area contributed by atoms with Crippen molar-refractivity contribution >= 4 is 17.7 Å². The van der Waals surface area contributed by atoms with Gasteiger partial charge < -0.3 is 24.6 Å². The third kappa shape index (κ3) is 6.03. The van der Waals surface area contributed by atoms with Crippen LogP contribution in [-0.2, 0) is 22.4 Å². The highest BCUT2D eigenvalue weighted by molar-refractivity contribution is 5.83. The molecule has 0 unspecified atom stereocenters. The molecule has 0 amide bonds. The summed E-state index contributed by atoms with van der Waals surface area (Å²) in [6.45, 7) is 12.6. The van der Waals surface area contributed by atoms with Gasteiger partial charge in [0.2, 0.25) is 5.88 Å². The molecule has 1 saturated heterocycles. The van der Waals surface area contributed by atoms with Gasteiger partial charge in [-0.25, -0.2) is 9.97 Å². The number of methoxy groups -OCH3 is 1. The van der Waals surface area contributed by atoms with Gasteiger partial charge in [-0.3, -0.25) is 4.79 Å². The molecular weight excluding hydrogens is 458 g/mol. The van der Waals surface area contributed by atoms with Gasteiger partial charge in [0, 0.05) is 44.1 Å². The normalized spacial score (nSPS) is 16.8. The Morgan fingerprint density at radius 2 is 2.19 bits per heavy atom. The van der Waals surface area contributed by atoms with E-state index in [1.165, 1.54) is 5.56 Å². The van der Waals surface area contributed by atoms with Crippen LogP contribution in [0.2, 0.25) is 0 Å². The first-order valence-corrected chi connectivity index (χ1v) is 12.5. The molecule has 2 aliphatic heterocycles. The molecule has 10 nitrogen and oxygen atoms in total. The zero-order valence-corrected chi connectivity index (χ0v) is 20.9. The van der Waals surface area contributed by atoms with Crippen LogP contribution in [0.1, 0.15) is 49.0 Å². The van der Waals surface area contributed by atoms with Crippen molar-refractivity contribution in [2.45, 2.75) is 45.1 Å². The predicted octanol–water partition coefficient (Wildman–Crippen LogP) is 3.28. The number of rotatable bonds is 10. The fraction of sp³-hybridized carbons (Fsp3) is 0.500. The Kier molecular flexibility index (Phi) is 8.55. The molecule has 2 aromatic heterocycles. The molecule has 4 rings (SSSR count). The molecule has 1 fully saturated rings. The zero-order chi connectivity index (χ0) is 25.3. The van der Waals surface area contributed by atoms with E-state index in [0.29, 0.717) is 25.0 Å². The number of aromatic nitrogens is 2. The van der Waals surface area contributed by atoms with Gasteiger partial charge in [0.25, 0.3) is 5.96 Å². The predicted molar refractivity (Wildman–Crippen MR) is 136 cm³/mol. The van der Waals surface area contributed by atoms with Crippen molar-refractivity contribution < 1.29 is 14.3 Å². The van der Waals surface area contributed by atoms with Crippen molar-refractivity contribution in [3.8, 4) is 5.88 Å². The third-order valence-electron chi connectivity index (χ3n) is 6.50. The van der Waals surface area contributed by atoms with Crippen LogP contribution < -0.4 is 10.1 Å². The summed E-state index contributed by atoms with van der Waals surface area (Å²) in [4.78, 5) is 29.0. The van der Waals surface area contributed by atoms with Crippen molar-refractivity contribution in [3.05, 3.63) is 58.8 Å². The van der Waals surface area contributed by atoms with Crippen molar-refractivity contribution in [3.63, 3.8) is 0 Å². The molecular formula is C26H33N7O3. The number of esters is 1. The van der Waals surface area contributed by atoms with E-state index < -0.39 is 0 Å². The number of hydrogen-bond donors (Lipinski definition) is 1. The molecule has 2 aliphatic rings. The lowest BCUT2D eigenvalue weighted by molar-refractivity contribution is -0.144. The molecule has 10 heteroatoms. The number of carbonyl (C=O) groups is 1. The summed E-state index contributed by atoms with van der Waals surface area (Å²) in [5.74, 6) is 1.79. The number of fused-ring (bicyclic) bond motifs is 1. The van der Waals surface area contributed by atoms with Crippen LogP contribution in [-0.4, -0.2) is 71.6 Å². The van der Waals surface area contributed by atoms with Gasteiger partial charge >= 0.3 is 5.97 Å². The molecule has 0 saturated carbocycles. The van der Waals surface area contributed by atoms with Crippen LogP contribution in [0.15, 0.2) is 35.6 Å². The first-order valence-electron chi connectivity index (χ1n) is 12.5. The number of ether oxygens (including phenoxy) is 2. The highest BCUT2D eigenvalue weighted by Gasteiger charge is 2.36. The molecule has 36 heavy (non-hydrogen) atoms. The standard InChI is InChI=1S/C26H33N7O3/c1-4-36-24(34)17-22(20-10-12-23(35-3)29-18-20)33-16-15-32(26(33)31-27-2)14-6-8-21-11-9-19-7-5-13-28-25(19)30-21/h9-12,18,22H,4-8,13-17H2,1,3H3,(H,28,30)/t22-/m0/s1. The summed E-state index contributed by atoms with van der Waals surface area (Å²) in [7, 11) is 1.56. The summed E-state index contributed by atoms with van der Waals surface area (Å²) in [5, 5.41) is 7.53. The molecule has 2 aromatic rings. The maximum Gasteiger partial charge on any atom is 0.308 e. The maximum absolute atomic E-state index is 12.5. The molecule has 4 heterocycles. The largest absolute Gasteiger partial charge is 0.481 e. The molecule has 0 radical (unpaired) electrons. The molecule has 0 aliphatic carbocycles. The zero-order valence-electron chi connectivity index (χ0n) is 20.9. The van der Waals surface area contributed by atoms with Gasteiger partial charge in [0.15, 0.2) is 0 Å². The van der Waals surface area contributed by atoms with Crippen molar-refractivity contribution in [2.75, 3.05) is 45.2 Å². The number of guanidine groups is 1. The summed E-state index contributed by atoms with van der Waals surface area (Å²) in [5.41, 5.74) is 3.19. The summed E-state index contributed by atoms with van der Waals surface area (Å²) in [6, 6.07) is 7.61. The van der Waals surface area contributed by atoms with E-state index in [4.69, 9.17) is 21.0 Å². The summed E-state index contributed by atoms with van der Waals surface area (Å²) in [6.07, 6.45) is 5.78. The van der Waals surface area contributed by atoms with E-state index in [0.717, 1.165) is 62.4 Å². The number of hydrogen-bond acceptors (Lipinski definition) is 7. The fourth-order valence-corrected chi connectivity index (χ4v) is 4.74. The molecule has 1 N–H and O–H groups in total. The number of carbonyl (C=O) groups excluding carboxylic acids is 1. The molecule has 190 valence electrons. The van der Waals surface area contributed by atoms with E-state index in [9.17, 15) is 4.79 Å². The second kappa shape index (κ2) is 12.2. The number of nitrogens with one attached hydrogen (secondary N) is 1. The monoisotopic (exact) mass is 491 g/mol. The van der Waals surface area contributed by atoms with Crippen molar-refractivity contribution in [1.82, 2.24) is 19.8 Å². The van der Waals surface area contributed by atoms with E-state index >= 15 is 0 Å². The van der Waals surface area contributed by atoms with E-state index in [2.05, 4.69) is 37.4 Å². The summed E-state index contributed by atoms with van der Waals surface area (Å²) < 4.78 is 10.4. The topological polar surface area (TPSA) is 96.5 Å². The summed E-state index contributed by atoms with van der Waals surface area (Å²) >= 11 is 0. The smallest absolute Gasteiger partial charge is 0.308 e. The molecule has 1 atom stereocenters. The highest BCUT2D eigenvalue weighted by atomic mass is 16.5. The number of aryl methyl sites for hydroxylation is 2. The lowest BCUT2D eigenvalue weighted by Gasteiger charge is -2.28. The SMILES string of the molecule is [C-]#[N+]N=C1N(CCCc2ccc3c(n2)NCCC3)CCN1[C@@H](CC(=O)OCC)c1ccc(OC)nc1. The van der Waals surface area contributed by atoms with Crippen molar-refractivity contribution in [1.29, 1.82) is 0 Å². The average Bonchev–Trinajstić information content (AvgIpc) is 3.29. The van der Waals surface area contributed by atoms with Crippen LogP contribution in [0.3, 0.4) is 0 Å². The van der Waals surface area contributed by atoms with Gasteiger partial charge in [-0.15, -0.1) is 4.95 Å².